The minimum Gasteiger partial charge on any atom is -0.497 e. The second-order valence-electron chi connectivity index (χ2n) is 9.23. The molecule has 0 aliphatic carbocycles. The summed E-state index contributed by atoms with van der Waals surface area (Å²) in [5.41, 5.74) is 2.97. The predicted molar refractivity (Wildman–Crippen MR) is 144 cm³/mol. The van der Waals surface area contributed by atoms with Crippen LogP contribution in [0.2, 0.25) is 0 Å². The molecule has 2 aromatic rings. The average Bonchev–Trinajstić information content (AvgIpc) is 2.80. The lowest BCUT2D eigenvalue weighted by Crippen LogP contribution is -2.53. The molecular formula is C27H39N3O5S. The molecule has 0 spiro atoms. The van der Waals surface area contributed by atoms with Crippen LogP contribution in [-0.4, -0.2) is 57.1 Å². The zero-order chi connectivity index (χ0) is 27.0. The molecule has 2 atom stereocenters. The van der Waals surface area contributed by atoms with Crippen LogP contribution in [0.25, 0.3) is 0 Å². The SMILES string of the molecule is CC[C@@H](C)NC(=O)[C@H](CC)N(Cc1cccc(OC)c1)C(=O)CN(c1cc(C)cc(C)c1)S(C)(=O)=O. The number of carbonyl (C=O) groups is 2. The third-order valence-electron chi connectivity index (χ3n) is 6.05. The fourth-order valence-electron chi connectivity index (χ4n) is 4.04. The number of nitrogens with one attached hydrogen (secondary N) is 1. The maximum Gasteiger partial charge on any atom is 0.244 e. The quantitative estimate of drug-likeness (QED) is 0.462. The van der Waals surface area contributed by atoms with Gasteiger partial charge in [-0.3, -0.25) is 13.9 Å². The first-order chi connectivity index (χ1) is 16.9. The van der Waals surface area contributed by atoms with Gasteiger partial charge in [0.2, 0.25) is 21.8 Å². The molecule has 0 unspecified atom stereocenters. The number of amides is 2. The van der Waals surface area contributed by atoms with Crippen LogP contribution in [-0.2, 0) is 26.2 Å². The molecule has 198 valence electrons. The molecule has 0 aliphatic rings. The van der Waals surface area contributed by atoms with Gasteiger partial charge in [0.05, 0.1) is 19.1 Å². The highest BCUT2D eigenvalue weighted by atomic mass is 32.2. The van der Waals surface area contributed by atoms with Crippen LogP contribution in [0, 0.1) is 13.8 Å². The molecule has 0 saturated heterocycles. The van der Waals surface area contributed by atoms with Crippen molar-refractivity contribution in [1.82, 2.24) is 10.2 Å². The van der Waals surface area contributed by atoms with Gasteiger partial charge in [0.1, 0.15) is 18.3 Å². The lowest BCUT2D eigenvalue weighted by atomic mass is 10.1. The highest BCUT2D eigenvalue weighted by molar-refractivity contribution is 7.92. The zero-order valence-electron chi connectivity index (χ0n) is 22.4. The smallest absolute Gasteiger partial charge is 0.244 e. The Balaban J connectivity index is 2.49. The average molecular weight is 518 g/mol. The molecule has 0 radical (unpaired) electrons. The standard InChI is InChI=1S/C27H39N3O5S/c1-8-21(5)28-27(32)25(9-2)29(17-22-11-10-12-24(16-22)35-6)26(31)18-30(36(7,33)34)23-14-19(3)13-20(4)15-23/h10-16,21,25H,8-9,17-18H2,1-7H3,(H,28,32)/t21-,25+/m1/s1. The Morgan fingerprint density at radius 3 is 2.19 bits per heavy atom. The van der Waals surface area contributed by atoms with E-state index >= 15 is 0 Å². The van der Waals surface area contributed by atoms with E-state index in [1.165, 1.54) is 4.90 Å². The van der Waals surface area contributed by atoms with E-state index in [0.29, 0.717) is 17.9 Å². The van der Waals surface area contributed by atoms with Gasteiger partial charge in [-0.1, -0.05) is 32.0 Å². The summed E-state index contributed by atoms with van der Waals surface area (Å²) in [6, 6.07) is 11.9. The van der Waals surface area contributed by atoms with Crippen LogP contribution in [0.15, 0.2) is 42.5 Å². The number of sulfonamides is 1. The second kappa shape index (κ2) is 12.8. The molecule has 0 heterocycles. The normalized spacial score (nSPS) is 13.0. The maximum absolute atomic E-state index is 13.8. The highest BCUT2D eigenvalue weighted by Gasteiger charge is 2.32. The monoisotopic (exact) mass is 517 g/mol. The first kappa shape index (κ1) is 29.2. The van der Waals surface area contributed by atoms with E-state index in [9.17, 15) is 18.0 Å². The van der Waals surface area contributed by atoms with Gasteiger partial charge >= 0.3 is 0 Å². The molecule has 0 aromatic heterocycles. The van der Waals surface area contributed by atoms with Gasteiger partial charge in [-0.05, 0) is 74.6 Å². The number of methoxy groups -OCH3 is 1. The number of rotatable bonds is 12. The van der Waals surface area contributed by atoms with Crippen molar-refractivity contribution in [1.29, 1.82) is 0 Å². The van der Waals surface area contributed by atoms with Crippen LogP contribution in [0.3, 0.4) is 0 Å². The van der Waals surface area contributed by atoms with Crippen LogP contribution in [0.1, 0.15) is 50.3 Å². The molecule has 2 amide bonds. The molecule has 0 fully saturated rings. The van der Waals surface area contributed by atoms with Crippen LogP contribution < -0.4 is 14.4 Å². The highest BCUT2D eigenvalue weighted by Crippen LogP contribution is 2.23. The minimum atomic E-state index is -3.77. The Labute approximate surface area is 215 Å². The molecule has 0 saturated carbocycles. The van der Waals surface area contributed by atoms with Gasteiger partial charge in [0.15, 0.2) is 0 Å². The van der Waals surface area contributed by atoms with Crippen molar-refractivity contribution >= 4 is 27.5 Å². The Morgan fingerprint density at radius 2 is 1.67 bits per heavy atom. The summed E-state index contributed by atoms with van der Waals surface area (Å²) >= 11 is 0. The van der Waals surface area contributed by atoms with Gasteiger partial charge < -0.3 is 15.0 Å². The number of hydrogen-bond donors (Lipinski definition) is 1. The molecule has 2 aromatic carbocycles. The zero-order valence-corrected chi connectivity index (χ0v) is 23.2. The Hall–Kier alpha value is -3.07. The lowest BCUT2D eigenvalue weighted by Gasteiger charge is -2.33. The predicted octanol–water partition coefficient (Wildman–Crippen LogP) is 3.80. The number of carbonyl (C=O) groups excluding carboxylic acids is 2. The largest absolute Gasteiger partial charge is 0.497 e. The van der Waals surface area contributed by atoms with Crippen LogP contribution in [0.4, 0.5) is 5.69 Å². The summed E-state index contributed by atoms with van der Waals surface area (Å²) < 4.78 is 32.0. The van der Waals surface area contributed by atoms with Gasteiger partial charge in [-0.2, -0.15) is 0 Å². The van der Waals surface area contributed by atoms with E-state index in [2.05, 4.69) is 5.32 Å². The summed E-state index contributed by atoms with van der Waals surface area (Å²) in [5, 5.41) is 2.97. The molecule has 8 nitrogen and oxygen atoms in total. The van der Waals surface area contributed by atoms with Crippen molar-refractivity contribution in [2.45, 2.75) is 66.1 Å². The Kier molecular flexibility index (Phi) is 10.3. The second-order valence-corrected chi connectivity index (χ2v) is 11.1. The number of nitrogens with zero attached hydrogens (tertiary/aromatic N) is 2. The third kappa shape index (κ3) is 7.98. The van der Waals surface area contributed by atoms with Crippen LogP contribution >= 0.6 is 0 Å². The number of ether oxygens (including phenoxy) is 1. The summed E-state index contributed by atoms with van der Waals surface area (Å²) in [4.78, 5) is 28.4. The van der Waals surface area contributed by atoms with E-state index < -0.39 is 28.5 Å². The third-order valence-corrected chi connectivity index (χ3v) is 7.19. The number of benzene rings is 2. The van der Waals surface area contributed by atoms with Crippen molar-refractivity contribution in [3.8, 4) is 5.75 Å². The molecule has 1 N–H and O–H groups in total. The van der Waals surface area contributed by atoms with Crippen LogP contribution in [0.5, 0.6) is 5.75 Å². The number of aryl methyl sites for hydroxylation is 2. The fourth-order valence-corrected chi connectivity index (χ4v) is 4.87. The van der Waals surface area contributed by atoms with E-state index in [-0.39, 0.29) is 18.5 Å². The Morgan fingerprint density at radius 1 is 1.03 bits per heavy atom. The molecule has 2 rings (SSSR count). The number of anilines is 1. The van der Waals surface area contributed by atoms with Gasteiger partial charge in [-0.25, -0.2) is 8.42 Å². The van der Waals surface area contributed by atoms with E-state index in [1.807, 2.05) is 52.8 Å². The maximum atomic E-state index is 13.8. The molecule has 0 aliphatic heterocycles. The van der Waals surface area contributed by atoms with E-state index in [1.54, 1.807) is 31.4 Å². The van der Waals surface area contributed by atoms with E-state index in [0.717, 1.165) is 33.7 Å². The first-order valence-electron chi connectivity index (χ1n) is 12.2. The van der Waals surface area contributed by atoms with Gasteiger partial charge in [0.25, 0.3) is 0 Å². The van der Waals surface area contributed by atoms with E-state index in [4.69, 9.17) is 4.74 Å². The minimum absolute atomic E-state index is 0.0527. The summed E-state index contributed by atoms with van der Waals surface area (Å²) in [6.45, 7) is 9.18. The fraction of sp³-hybridized carbons (Fsp3) is 0.481. The first-order valence-corrected chi connectivity index (χ1v) is 14.0. The van der Waals surface area contributed by atoms with Gasteiger partial charge in [-0.15, -0.1) is 0 Å². The molecule has 36 heavy (non-hydrogen) atoms. The summed E-state index contributed by atoms with van der Waals surface area (Å²) in [6.07, 6.45) is 2.21. The molecule has 9 heteroatoms. The number of hydrogen-bond acceptors (Lipinski definition) is 5. The Bertz CT molecular complexity index is 1150. The van der Waals surface area contributed by atoms with Crippen molar-refractivity contribution in [2.24, 2.45) is 0 Å². The molecule has 0 bridgehead atoms. The summed E-state index contributed by atoms with van der Waals surface area (Å²) in [7, 11) is -2.21. The van der Waals surface area contributed by atoms with Crippen molar-refractivity contribution < 1.29 is 22.7 Å². The van der Waals surface area contributed by atoms with Crippen molar-refractivity contribution in [3.63, 3.8) is 0 Å². The van der Waals surface area contributed by atoms with Crippen molar-refractivity contribution in [2.75, 3.05) is 24.2 Å². The topological polar surface area (TPSA) is 96.0 Å². The summed E-state index contributed by atoms with van der Waals surface area (Å²) in [5.74, 6) is -0.0982. The molecular weight excluding hydrogens is 478 g/mol. The van der Waals surface area contributed by atoms with Gasteiger partial charge in [0, 0.05) is 12.6 Å². The lowest BCUT2D eigenvalue weighted by molar-refractivity contribution is -0.140. The van der Waals surface area contributed by atoms with Crippen molar-refractivity contribution in [3.05, 3.63) is 59.2 Å².